The molecule has 2 rings (SSSR count). The molecule has 0 aromatic carbocycles. The zero-order chi connectivity index (χ0) is 15.6. The first kappa shape index (κ1) is 16.3. The predicted molar refractivity (Wildman–Crippen MR) is 82.5 cm³/mol. The van der Waals surface area contributed by atoms with Gasteiger partial charge in [-0.05, 0) is 37.0 Å². The van der Waals surface area contributed by atoms with Crippen molar-refractivity contribution in [2.24, 2.45) is 23.0 Å². The highest BCUT2D eigenvalue weighted by Gasteiger charge is 2.35. The summed E-state index contributed by atoms with van der Waals surface area (Å²) in [6.07, 6.45) is 4.21. The average molecular weight is 295 g/mol. The minimum Gasteiger partial charge on any atom is -0.356 e. The van der Waals surface area contributed by atoms with E-state index >= 15 is 0 Å². The molecule has 2 fully saturated rings. The van der Waals surface area contributed by atoms with Gasteiger partial charge in [0.05, 0.1) is 12.0 Å². The number of nitrogens with zero attached hydrogens (tertiary/aromatic N) is 1. The Bertz CT molecular complexity index is 399. The number of carbonyl (C=O) groups is 2. The molecule has 5 nitrogen and oxygen atoms in total. The van der Waals surface area contributed by atoms with E-state index in [9.17, 15) is 9.59 Å². The number of piperidine rings is 1. The van der Waals surface area contributed by atoms with Crippen molar-refractivity contribution in [3.05, 3.63) is 0 Å². The van der Waals surface area contributed by atoms with E-state index in [0.717, 1.165) is 25.9 Å². The molecule has 1 saturated carbocycles. The lowest BCUT2D eigenvalue weighted by molar-refractivity contribution is -0.138. The molecule has 0 aromatic rings. The Hall–Kier alpha value is -1.10. The maximum Gasteiger partial charge on any atom is 0.240 e. The van der Waals surface area contributed by atoms with E-state index in [0.29, 0.717) is 12.5 Å². The first-order chi connectivity index (χ1) is 9.79. The molecule has 5 heteroatoms. The standard InChI is InChI=1S/C16H29N3O2/c1-16(2,3)13(17)15(21)19-8-4-5-12(10-19)14(20)18-9-11-6-7-11/h11-13H,4-10,17H2,1-3H3,(H,18,20)/t12?,13-/m1/s1. The van der Waals surface area contributed by atoms with Crippen molar-refractivity contribution in [3.8, 4) is 0 Å². The second-order valence-electron chi connectivity index (χ2n) is 7.66. The zero-order valence-electron chi connectivity index (χ0n) is 13.5. The van der Waals surface area contributed by atoms with Gasteiger partial charge in [-0.15, -0.1) is 0 Å². The summed E-state index contributed by atoms with van der Waals surface area (Å²) in [6.45, 7) is 7.94. The summed E-state index contributed by atoms with van der Waals surface area (Å²) in [5.74, 6) is 0.684. The van der Waals surface area contributed by atoms with E-state index in [1.54, 1.807) is 4.90 Å². The fourth-order valence-corrected chi connectivity index (χ4v) is 2.67. The Morgan fingerprint density at radius 1 is 1.29 bits per heavy atom. The first-order valence-corrected chi connectivity index (χ1v) is 8.11. The predicted octanol–water partition coefficient (Wildman–Crippen LogP) is 1.12. The molecule has 1 saturated heterocycles. The number of amides is 2. The summed E-state index contributed by atoms with van der Waals surface area (Å²) >= 11 is 0. The summed E-state index contributed by atoms with van der Waals surface area (Å²) in [5, 5.41) is 3.03. The molecule has 1 heterocycles. The van der Waals surface area contributed by atoms with Crippen molar-refractivity contribution in [1.29, 1.82) is 0 Å². The number of nitrogens with two attached hydrogens (primary N) is 1. The maximum absolute atomic E-state index is 12.5. The summed E-state index contributed by atoms with van der Waals surface area (Å²) < 4.78 is 0. The highest BCUT2D eigenvalue weighted by atomic mass is 16.2. The van der Waals surface area contributed by atoms with E-state index in [1.807, 2.05) is 20.8 Å². The van der Waals surface area contributed by atoms with Crippen molar-refractivity contribution in [3.63, 3.8) is 0 Å². The molecule has 21 heavy (non-hydrogen) atoms. The van der Waals surface area contributed by atoms with Crippen LogP contribution in [-0.4, -0.2) is 42.4 Å². The average Bonchev–Trinajstić information content (AvgIpc) is 3.26. The Labute approximate surface area is 127 Å². The summed E-state index contributed by atoms with van der Waals surface area (Å²) in [7, 11) is 0. The third kappa shape index (κ3) is 4.43. The summed E-state index contributed by atoms with van der Waals surface area (Å²) in [4.78, 5) is 26.4. The Kier molecular flexibility index (Phi) is 4.91. The van der Waals surface area contributed by atoms with Crippen LogP contribution < -0.4 is 11.1 Å². The zero-order valence-corrected chi connectivity index (χ0v) is 13.5. The fraction of sp³-hybridized carbons (Fsp3) is 0.875. The molecule has 3 N–H and O–H groups in total. The molecule has 1 aliphatic heterocycles. The van der Waals surface area contributed by atoms with Gasteiger partial charge >= 0.3 is 0 Å². The Balaban J connectivity index is 1.87. The van der Waals surface area contributed by atoms with Crippen molar-refractivity contribution >= 4 is 11.8 Å². The van der Waals surface area contributed by atoms with Gasteiger partial charge in [-0.2, -0.15) is 0 Å². The highest BCUT2D eigenvalue weighted by Crippen LogP contribution is 2.28. The van der Waals surface area contributed by atoms with Gasteiger partial charge in [-0.3, -0.25) is 9.59 Å². The number of carbonyl (C=O) groups excluding carboxylic acids is 2. The second-order valence-corrected chi connectivity index (χ2v) is 7.66. The van der Waals surface area contributed by atoms with Crippen LogP contribution >= 0.6 is 0 Å². The van der Waals surface area contributed by atoms with Crippen molar-refractivity contribution in [1.82, 2.24) is 10.2 Å². The molecule has 0 spiro atoms. The molecule has 120 valence electrons. The maximum atomic E-state index is 12.5. The number of rotatable bonds is 4. The van der Waals surface area contributed by atoms with Crippen LogP contribution in [0.4, 0.5) is 0 Å². The molecule has 1 unspecified atom stereocenters. The van der Waals surface area contributed by atoms with Gasteiger partial charge in [0.15, 0.2) is 0 Å². The molecular formula is C16H29N3O2. The Morgan fingerprint density at radius 3 is 2.52 bits per heavy atom. The van der Waals surface area contributed by atoms with Crippen LogP contribution in [0.1, 0.15) is 46.5 Å². The third-order valence-electron chi connectivity index (χ3n) is 4.56. The molecule has 0 aromatic heterocycles. The topological polar surface area (TPSA) is 75.4 Å². The van der Waals surface area contributed by atoms with Crippen LogP contribution in [-0.2, 0) is 9.59 Å². The number of nitrogens with one attached hydrogen (secondary N) is 1. The first-order valence-electron chi connectivity index (χ1n) is 8.11. The van der Waals surface area contributed by atoms with Crippen LogP contribution in [0.25, 0.3) is 0 Å². The molecule has 0 radical (unpaired) electrons. The summed E-state index contributed by atoms with van der Waals surface area (Å²) in [6, 6.07) is -0.509. The van der Waals surface area contributed by atoms with Crippen molar-refractivity contribution in [2.75, 3.05) is 19.6 Å². The smallest absolute Gasteiger partial charge is 0.240 e. The number of hydrogen-bond acceptors (Lipinski definition) is 3. The van der Waals surface area contributed by atoms with Crippen molar-refractivity contribution in [2.45, 2.75) is 52.5 Å². The van der Waals surface area contributed by atoms with Crippen LogP contribution in [0, 0.1) is 17.3 Å². The van der Waals surface area contributed by atoms with E-state index < -0.39 is 6.04 Å². The number of hydrogen-bond donors (Lipinski definition) is 2. The van der Waals surface area contributed by atoms with Gasteiger partial charge in [-0.25, -0.2) is 0 Å². The SMILES string of the molecule is CC(C)(C)[C@H](N)C(=O)N1CCCC(C(=O)NCC2CC2)C1. The monoisotopic (exact) mass is 295 g/mol. The molecular weight excluding hydrogens is 266 g/mol. The van der Waals surface area contributed by atoms with E-state index in [2.05, 4.69) is 5.32 Å². The van der Waals surface area contributed by atoms with Crippen molar-refractivity contribution < 1.29 is 9.59 Å². The minimum atomic E-state index is -0.509. The van der Waals surface area contributed by atoms with E-state index in [4.69, 9.17) is 5.73 Å². The van der Waals surface area contributed by atoms with Gasteiger partial charge in [-0.1, -0.05) is 20.8 Å². The van der Waals surface area contributed by atoms with Gasteiger partial charge in [0.25, 0.3) is 0 Å². The lowest BCUT2D eigenvalue weighted by atomic mass is 9.85. The summed E-state index contributed by atoms with van der Waals surface area (Å²) in [5.41, 5.74) is 5.81. The van der Waals surface area contributed by atoms with Crippen LogP contribution in [0.5, 0.6) is 0 Å². The molecule has 1 aliphatic carbocycles. The lowest BCUT2D eigenvalue weighted by Crippen LogP contribution is -2.54. The third-order valence-corrected chi connectivity index (χ3v) is 4.56. The minimum absolute atomic E-state index is 0.0257. The lowest BCUT2D eigenvalue weighted by Gasteiger charge is -2.36. The quantitative estimate of drug-likeness (QED) is 0.816. The molecule has 2 atom stereocenters. The molecule has 2 amide bonds. The van der Waals surface area contributed by atoms with Gasteiger partial charge < -0.3 is 16.0 Å². The number of likely N-dealkylation sites (tertiary alicyclic amines) is 1. The second kappa shape index (κ2) is 6.34. The van der Waals surface area contributed by atoms with Crippen LogP contribution in [0.15, 0.2) is 0 Å². The van der Waals surface area contributed by atoms with Gasteiger partial charge in [0.1, 0.15) is 0 Å². The largest absolute Gasteiger partial charge is 0.356 e. The van der Waals surface area contributed by atoms with Crippen LogP contribution in [0.2, 0.25) is 0 Å². The van der Waals surface area contributed by atoms with Gasteiger partial charge in [0.2, 0.25) is 11.8 Å². The Morgan fingerprint density at radius 2 is 1.95 bits per heavy atom. The van der Waals surface area contributed by atoms with Crippen LogP contribution in [0.3, 0.4) is 0 Å². The normalized spacial score (nSPS) is 24.6. The highest BCUT2D eigenvalue weighted by molar-refractivity contribution is 5.84. The fourth-order valence-electron chi connectivity index (χ4n) is 2.67. The van der Waals surface area contributed by atoms with Gasteiger partial charge in [0, 0.05) is 19.6 Å². The van der Waals surface area contributed by atoms with E-state index in [-0.39, 0.29) is 23.1 Å². The molecule has 0 bridgehead atoms. The molecule has 2 aliphatic rings. The van der Waals surface area contributed by atoms with E-state index in [1.165, 1.54) is 12.8 Å².